The molecule has 0 aliphatic heterocycles. The van der Waals surface area contributed by atoms with Crippen molar-refractivity contribution in [2.45, 2.75) is 11.3 Å². The Morgan fingerprint density at radius 1 is 1.08 bits per heavy atom. The number of hydrogen-bond donors (Lipinski definition) is 1. The predicted molar refractivity (Wildman–Crippen MR) is 95.1 cm³/mol. The van der Waals surface area contributed by atoms with Crippen LogP contribution in [0.3, 0.4) is 0 Å². The standard InChI is InChI=1S/C18H21NO5S/c1-23-15-7-8-17(24-2)13(11-15)9-10-19-18(20)14-5-4-6-16(12-14)25(3,21)22/h4-8,11-12H,9-10H2,1-3H3,(H,19,20). The summed E-state index contributed by atoms with van der Waals surface area (Å²) in [5.74, 6) is 1.10. The zero-order valence-corrected chi connectivity index (χ0v) is 15.2. The minimum atomic E-state index is -3.35. The average molecular weight is 363 g/mol. The molecule has 0 saturated heterocycles. The number of benzene rings is 2. The lowest BCUT2D eigenvalue weighted by atomic mass is 10.1. The van der Waals surface area contributed by atoms with Gasteiger partial charge in [0.15, 0.2) is 9.84 Å². The zero-order chi connectivity index (χ0) is 18.4. The monoisotopic (exact) mass is 363 g/mol. The summed E-state index contributed by atoms with van der Waals surface area (Å²) in [5.41, 5.74) is 1.22. The van der Waals surface area contributed by atoms with Gasteiger partial charge in [-0.2, -0.15) is 0 Å². The Labute approximate surface area is 147 Å². The van der Waals surface area contributed by atoms with E-state index < -0.39 is 9.84 Å². The van der Waals surface area contributed by atoms with Crippen LogP contribution in [0.25, 0.3) is 0 Å². The van der Waals surface area contributed by atoms with Crippen molar-refractivity contribution in [3.8, 4) is 11.5 Å². The molecule has 0 radical (unpaired) electrons. The van der Waals surface area contributed by atoms with E-state index in [2.05, 4.69) is 5.32 Å². The highest BCUT2D eigenvalue weighted by Gasteiger charge is 2.12. The van der Waals surface area contributed by atoms with E-state index in [9.17, 15) is 13.2 Å². The van der Waals surface area contributed by atoms with Crippen LogP contribution in [-0.4, -0.2) is 41.3 Å². The van der Waals surface area contributed by atoms with E-state index in [-0.39, 0.29) is 10.8 Å². The molecule has 0 bridgehead atoms. The van der Waals surface area contributed by atoms with Gasteiger partial charge in [-0.05, 0) is 48.4 Å². The SMILES string of the molecule is COc1ccc(OC)c(CCNC(=O)c2cccc(S(C)(=O)=O)c2)c1. The maximum atomic E-state index is 12.2. The van der Waals surface area contributed by atoms with Crippen LogP contribution in [0.2, 0.25) is 0 Å². The van der Waals surface area contributed by atoms with Crippen LogP contribution in [0.15, 0.2) is 47.4 Å². The lowest BCUT2D eigenvalue weighted by molar-refractivity contribution is 0.0954. The smallest absolute Gasteiger partial charge is 0.251 e. The highest BCUT2D eigenvalue weighted by atomic mass is 32.2. The van der Waals surface area contributed by atoms with E-state index in [0.717, 1.165) is 11.8 Å². The summed E-state index contributed by atoms with van der Waals surface area (Å²) in [7, 11) is -0.180. The first-order valence-electron chi connectivity index (χ1n) is 7.64. The molecule has 2 rings (SSSR count). The van der Waals surface area contributed by atoms with E-state index in [1.807, 2.05) is 12.1 Å². The summed E-state index contributed by atoms with van der Waals surface area (Å²) < 4.78 is 33.7. The second-order valence-electron chi connectivity index (χ2n) is 5.48. The van der Waals surface area contributed by atoms with Gasteiger partial charge >= 0.3 is 0 Å². The van der Waals surface area contributed by atoms with Crippen LogP contribution in [0.4, 0.5) is 0 Å². The molecule has 0 aromatic heterocycles. The third kappa shape index (κ3) is 4.96. The third-order valence-corrected chi connectivity index (χ3v) is 4.80. The molecular weight excluding hydrogens is 342 g/mol. The number of nitrogens with one attached hydrogen (secondary N) is 1. The Morgan fingerprint density at radius 2 is 1.84 bits per heavy atom. The Morgan fingerprint density at radius 3 is 2.48 bits per heavy atom. The van der Waals surface area contributed by atoms with Crippen LogP contribution in [0, 0.1) is 0 Å². The van der Waals surface area contributed by atoms with Crippen molar-refractivity contribution >= 4 is 15.7 Å². The maximum absolute atomic E-state index is 12.2. The van der Waals surface area contributed by atoms with E-state index in [4.69, 9.17) is 9.47 Å². The van der Waals surface area contributed by atoms with Crippen LogP contribution in [0.5, 0.6) is 11.5 Å². The van der Waals surface area contributed by atoms with Crippen LogP contribution >= 0.6 is 0 Å². The number of rotatable bonds is 7. The van der Waals surface area contributed by atoms with Gasteiger partial charge < -0.3 is 14.8 Å². The quantitative estimate of drug-likeness (QED) is 0.814. The van der Waals surface area contributed by atoms with Gasteiger partial charge in [-0.15, -0.1) is 0 Å². The Balaban J connectivity index is 2.04. The minimum Gasteiger partial charge on any atom is -0.497 e. The van der Waals surface area contributed by atoms with Gasteiger partial charge in [0, 0.05) is 18.4 Å². The first kappa shape index (κ1) is 18.8. The summed E-state index contributed by atoms with van der Waals surface area (Å²) in [5, 5.41) is 2.78. The molecule has 0 unspecified atom stereocenters. The average Bonchev–Trinajstić information content (AvgIpc) is 2.60. The van der Waals surface area contributed by atoms with E-state index in [1.165, 1.54) is 12.1 Å². The van der Waals surface area contributed by atoms with E-state index >= 15 is 0 Å². The van der Waals surface area contributed by atoms with E-state index in [1.54, 1.807) is 32.4 Å². The number of amides is 1. The molecule has 6 nitrogen and oxygen atoms in total. The van der Waals surface area contributed by atoms with Crippen molar-refractivity contribution in [1.29, 1.82) is 0 Å². The van der Waals surface area contributed by atoms with Gasteiger partial charge in [0.25, 0.3) is 5.91 Å². The number of sulfone groups is 1. The molecule has 0 aliphatic carbocycles. The van der Waals surface area contributed by atoms with Gasteiger partial charge in [0.05, 0.1) is 19.1 Å². The van der Waals surface area contributed by atoms with Crippen molar-refractivity contribution < 1.29 is 22.7 Å². The molecular formula is C18H21NO5S. The van der Waals surface area contributed by atoms with Crippen molar-refractivity contribution in [3.05, 3.63) is 53.6 Å². The van der Waals surface area contributed by atoms with Gasteiger partial charge in [0.1, 0.15) is 11.5 Å². The molecule has 0 fully saturated rings. The molecule has 1 amide bonds. The number of hydrogen-bond acceptors (Lipinski definition) is 5. The number of methoxy groups -OCH3 is 2. The second-order valence-corrected chi connectivity index (χ2v) is 7.50. The molecule has 0 aliphatic rings. The normalized spacial score (nSPS) is 11.0. The first-order valence-corrected chi connectivity index (χ1v) is 9.53. The Bertz CT molecular complexity index is 862. The molecule has 7 heteroatoms. The van der Waals surface area contributed by atoms with E-state index in [0.29, 0.717) is 30.0 Å². The molecule has 0 saturated carbocycles. The molecule has 0 atom stereocenters. The summed E-state index contributed by atoms with van der Waals surface area (Å²) in [6.45, 7) is 0.380. The molecule has 134 valence electrons. The number of carbonyl (C=O) groups excluding carboxylic acids is 1. The Kier molecular flexibility index (Phi) is 6.03. The molecule has 25 heavy (non-hydrogen) atoms. The third-order valence-electron chi connectivity index (χ3n) is 3.69. The van der Waals surface area contributed by atoms with Gasteiger partial charge in [-0.3, -0.25) is 4.79 Å². The number of carbonyl (C=O) groups is 1. The first-order chi connectivity index (χ1) is 11.8. The van der Waals surface area contributed by atoms with Gasteiger partial charge in [-0.25, -0.2) is 8.42 Å². The molecule has 2 aromatic rings. The lowest BCUT2D eigenvalue weighted by Gasteiger charge is -2.11. The van der Waals surface area contributed by atoms with Gasteiger partial charge in [-0.1, -0.05) is 6.07 Å². The minimum absolute atomic E-state index is 0.120. The van der Waals surface area contributed by atoms with Gasteiger partial charge in [0.2, 0.25) is 0 Å². The topological polar surface area (TPSA) is 81.7 Å². The molecule has 0 heterocycles. The fourth-order valence-electron chi connectivity index (χ4n) is 2.36. The van der Waals surface area contributed by atoms with Crippen molar-refractivity contribution in [3.63, 3.8) is 0 Å². The summed E-state index contributed by atoms with van der Waals surface area (Å²) in [6, 6.07) is 11.4. The summed E-state index contributed by atoms with van der Waals surface area (Å²) in [6.07, 6.45) is 1.66. The molecule has 2 aromatic carbocycles. The highest BCUT2D eigenvalue weighted by molar-refractivity contribution is 7.90. The molecule has 0 spiro atoms. The highest BCUT2D eigenvalue weighted by Crippen LogP contribution is 2.24. The van der Waals surface area contributed by atoms with Crippen molar-refractivity contribution in [2.75, 3.05) is 27.0 Å². The second kappa shape index (κ2) is 8.02. The van der Waals surface area contributed by atoms with Crippen molar-refractivity contribution in [1.82, 2.24) is 5.32 Å². The Hall–Kier alpha value is -2.54. The molecule has 1 N–H and O–H groups in total. The van der Waals surface area contributed by atoms with Crippen LogP contribution in [-0.2, 0) is 16.3 Å². The largest absolute Gasteiger partial charge is 0.497 e. The van der Waals surface area contributed by atoms with Crippen molar-refractivity contribution in [2.24, 2.45) is 0 Å². The van der Waals surface area contributed by atoms with Crippen LogP contribution in [0.1, 0.15) is 15.9 Å². The fourth-order valence-corrected chi connectivity index (χ4v) is 3.02. The fraction of sp³-hybridized carbons (Fsp3) is 0.278. The lowest BCUT2D eigenvalue weighted by Crippen LogP contribution is -2.26. The maximum Gasteiger partial charge on any atom is 0.251 e. The predicted octanol–water partition coefficient (Wildman–Crippen LogP) is 2.08. The van der Waals surface area contributed by atoms with Crippen LogP contribution < -0.4 is 14.8 Å². The summed E-state index contributed by atoms with van der Waals surface area (Å²) >= 11 is 0. The number of ether oxygens (including phenoxy) is 2. The summed E-state index contributed by atoms with van der Waals surface area (Å²) in [4.78, 5) is 12.3. The zero-order valence-electron chi connectivity index (χ0n) is 14.4.